The summed E-state index contributed by atoms with van der Waals surface area (Å²) in [6, 6.07) is 78.7. The van der Waals surface area contributed by atoms with E-state index in [2.05, 4.69) is 233 Å². The Kier molecular flexibility index (Phi) is 7.82. The normalized spacial score (nSPS) is 11.5. The number of anilines is 2. The molecule has 0 saturated heterocycles. The van der Waals surface area contributed by atoms with Crippen molar-refractivity contribution in [2.24, 2.45) is 0 Å². The molecule has 0 aliphatic rings. The number of fused-ring (bicyclic) bond motifs is 6. The zero-order chi connectivity index (χ0) is 37.7. The van der Waals surface area contributed by atoms with Crippen molar-refractivity contribution in [3.8, 4) is 44.8 Å². The first-order chi connectivity index (χ1) is 28.3. The summed E-state index contributed by atoms with van der Waals surface area (Å²) in [5.74, 6) is 0. The summed E-state index contributed by atoms with van der Waals surface area (Å²) in [5, 5.41) is 8.69. The van der Waals surface area contributed by atoms with Crippen molar-refractivity contribution >= 4 is 55.0 Å². The van der Waals surface area contributed by atoms with Gasteiger partial charge in [-0.15, -0.1) is 0 Å². The van der Waals surface area contributed by atoms with Gasteiger partial charge >= 0.3 is 0 Å². The maximum absolute atomic E-state index is 3.73. The number of nitrogens with zero attached hydrogens (tertiary/aromatic N) is 2. The predicted octanol–water partition coefficient (Wildman–Crippen LogP) is 14.6. The highest BCUT2D eigenvalue weighted by Crippen LogP contribution is 2.39. The number of para-hydroxylation sites is 3. The van der Waals surface area contributed by atoms with Gasteiger partial charge in [0.1, 0.15) is 0 Å². The van der Waals surface area contributed by atoms with Crippen LogP contribution in [0.3, 0.4) is 0 Å². The molecule has 0 radical (unpaired) electrons. The molecule has 3 heteroatoms. The van der Waals surface area contributed by atoms with Gasteiger partial charge in [-0.05, 0) is 101 Å². The van der Waals surface area contributed by atoms with E-state index in [1.807, 2.05) is 0 Å². The standard InChI is InChI=1S/C54H37N3/c1-3-15-37(16-4-1)39-19-13-21-43(33-39)56-51-27-11-8-24-46(51)48-34-40(29-31-53(48)56)41-30-32-54-49(35-41)47-25-9-12-28-52(47)57(54)44-22-14-20-42(36-44)55-50-26-10-7-23-45(50)38-17-5-2-6-18-38/h1-36,55H. The number of aromatic nitrogens is 2. The Morgan fingerprint density at radius 3 is 1.40 bits per heavy atom. The van der Waals surface area contributed by atoms with Gasteiger partial charge in [0.2, 0.25) is 0 Å². The van der Waals surface area contributed by atoms with Crippen LogP contribution in [0.4, 0.5) is 11.4 Å². The summed E-state index contributed by atoms with van der Waals surface area (Å²) in [4.78, 5) is 0. The fraction of sp³-hybridized carbons (Fsp3) is 0. The molecule has 11 aromatic rings. The van der Waals surface area contributed by atoms with Crippen LogP contribution in [-0.4, -0.2) is 9.13 Å². The molecular formula is C54H37N3. The molecule has 268 valence electrons. The summed E-state index contributed by atoms with van der Waals surface area (Å²) in [6.07, 6.45) is 0. The van der Waals surface area contributed by atoms with E-state index >= 15 is 0 Å². The Balaban J connectivity index is 1.00. The summed E-state index contributed by atoms with van der Waals surface area (Å²) < 4.78 is 4.80. The molecule has 0 saturated carbocycles. The van der Waals surface area contributed by atoms with E-state index in [1.54, 1.807) is 0 Å². The molecule has 0 aliphatic heterocycles. The van der Waals surface area contributed by atoms with Crippen LogP contribution in [-0.2, 0) is 0 Å². The molecule has 0 fully saturated rings. The third kappa shape index (κ3) is 5.68. The molecule has 9 aromatic carbocycles. The molecule has 0 unspecified atom stereocenters. The molecule has 3 nitrogen and oxygen atoms in total. The van der Waals surface area contributed by atoms with Gasteiger partial charge in [-0.25, -0.2) is 0 Å². The Labute approximate surface area is 331 Å². The van der Waals surface area contributed by atoms with Crippen LogP contribution < -0.4 is 5.32 Å². The van der Waals surface area contributed by atoms with Gasteiger partial charge in [-0.2, -0.15) is 0 Å². The predicted molar refractivity (Wildman–Crippen MR) is 241 cm³/mol. The lowest BCUT2D eigenvalue weighted by atomic mass is 10.0. The zero-order valence-electron chi connectivity index (χ0n) is 31.2. The maximum Gasteiger partial charge on any atom is 0.0541 e. The maximum atomic E-state index is 3.73. The molecule has 11 rings (SSSR count). The Morgan fingerprint density at radius 1 is 0.281 bits per heavy atom. The van der Waals surface area contributed by atoms with E-state index in [0.717, 1.165) is 22.7 Å². The summed E-state index contributed by atoms with van der Waals surface area (Å²) in [6.45, 7) is 0. The molecular weight excluding hydrogens is 691 g/mol. The molecule has 0 spiro atoms. The van der Waals surface area contributed by atoms with Gasteiger partial charge in [0.15, 0.2) is 0 Å². The highest BCUT2D eigenvalue weighted by molar-refractivity contribution is 6.12. The zero-order valence-corrected chi connectivity index (χ0v) is 31.2. The Bertz CT molecular complexity index is 3260. The molecule has 0 atom stereocenters. The number of nitrogens with one attached hydrogen (secondary N) is 1. The van der Waals surface area contributed by atoms with Gasteiger partial charge < -0.3 is 14.5 Å². The quantitative estimate of drug-likeness (QED) is 0.173. The van der Waals surface area contributed by atoms with Crippen LogP contribution in [0, 0.1) is 0 Å². The minimum atomic E-state index is 1.04. The minimum absolute atomic E-state index is 1.04. The van der Waals surface area contributed by atoms with Crippen molar-refractivity contribution in [2.75, 3.05) is 5.32 Å². The first-order valence-corrected chi connectivity index (χ1v) is 19.5. The largest absolute Gasteiger partial charge is 0.355 e. The second kappa shape index (κ2) is 13.6. The highest BCUT2D eigenvalue weighted by Gasteiger charge is 2.17. The van der Waals surface area contributed by atoms with Crippen LogP contribution >= 0.6 is 0 Å². The summed E-state index contributed by atoms with van der Waals surface area (Å²) >= 11 is 0. The smallest absolute Gasteiger partial charge is 0.0541 e. The van der Waals surface area contributed by atoms with Gasteiger partial charge in [0, 0.05) is 49.9 Å². The Hall–Kier alpha value is -7.62. The first kappa shape index (κ1) is 32.8. The molecule has 2 aromatic heterocycles. The van der Waals surface area contributed by atoms with Crippen molar-refractivity contribution in [3.63, 3.8) is 0 Å². The van der Waals surface area contributed by atoms with Gasteiger partial charge in [-0.1, -0.05) is 146 Å². The van der Waals surface area contributed by atoms with Crippen molar-refractivity contribution in [1.82, 2.24) is 9.13 Å². The molecule has 0 bridgehead atoms. The van der Waals surface area contributed by atoms with E-state index < -0.39 is 0 Å². The van der Waals surface area contributed by atoms with E-state index in [1.165, 1.54) is 77.0 Å². The van der Waals surface area contributed by atoms with Crippen LogP contribution in [0.25, 0.3) is 88.4 Å². The van der Waals surface area contributed by atoms with Gasteiger partial charge in [0.25, 0.3) is 0 Å². The van der Waals surface area contributed by atoms with E-state index in [-0.39, 0.29) is 0 Å². The van der Waals surface area contributed by atoms with Crippen LogP contribution in [0.15, 0.2) is 218 Å². The first-order valence-electron chi connectivity index (χ1n) is 19.5. The number of hydrogen-bond donors (Lipinski definition) is 1. The molecule has 1 N–H and O–H groups in total. The van der Waals surface area contributed by atoms with Crippen molar-refractivity contribution in [2.45, 2.75) is 0 Å². The third-order valence-corrected chi connectivity index (χ3v) is 11.3. The molecule has 0 aliphatic carbocycles. The molecule has 0 amide bonds. The van der Waals surface area contributed by atoms with Crippen molar-refractivity contribution < 1.29 is 0 Å². The lowest BCUT2D eigenvalue weighted by molar-refractivity contribution is 1.18. The van der Waals surface area contributed by atoms with Gasteiger partial charge in [0.05, 0.1) is 22.1 Å². The molecule has 2 heterocycles. The average Bonchev–Trinajstić information content (AvgIpc) is 3.79. The van der Waals surface area contributed by atoms with E-state index in [4.69, 9.17) is 0 Å². The fourth-order valence-electron chi connectivity index (χ4n) is 8.66. The van der Waals surface area contributed by atoms with Crippen LogP contribution in [0.5, 0.6) is 0 Å². The topological polar surface area (TPSA) is 21.9 Å². The summed E-state index contributed by atoms with van der Waals surface area (Å²) in [7, 11) is 0. The lowest BCUT2D eigenvalue weighted by Crippen LogP contribution is -1.97. The van der Waals surface area contributed by atoms with E-state index in [9.17, 15) is 0 Å². The Morgan fingerprint density at radius 2 is 0.754 bits per heavy atom. The average molecular weight is 728 g/mol. The second-order valence-electron chi connectivity index (χ2n) is 14.7. The third-order valence-electron chi connectivity index (χ3n) is 11.3. The SMILES string of the molecule is c1ccc(-c2cccc(-n3c4ccccc4c4cc(-c5ccc6c(c5)c5ccccc5n6-c5cccc(Nc6ccccc6-c6ccccc6)c5)ccc43)c2)cc1. The van der Waals surface area contributed by atoms with Crippen LogP contribution in [0.2, 0.25) is 0 Å². The summed E-state index contributed by atoms with van der Waals surface area (Å²) in [5.41, 5.74) is 16.3. The number of hydrogen-bond acceptors (Lipinski definition) is 1. The fourth-order valence-corrected chi connectivity index (χ4v) is 8.66. The van der Waals surface area contributed by atoms with Crippen molar-refractivity contribution in [1.29, 1.82) is 0 Å². The minimum Gasteiger partial charge on any atom is -0.355 e. The lowest BCUT2D eigenvalue weighted by Gasteiger charge is -2.14. The van der Waals surface area contributed by atoms with Gasteiger partial charge in [-0.3, -0.25) is 0 Å². The number of benzene rings is 9. The van der Waals surface area contributed by atoms with Crippen LogP contribution in [0.1, 0.15) is 0 Å². The monoisotopic (exact) mass is 727 g/mol. The van der Waals surface area contributed by atoms with E-state index in [0.29, 0.717) is 0 Å². The highest BCUT2D eigenvalue weighted by atomic mass is 15.0. The number of rotatable bonds is 7. The van der Waals surface area contributed by atoms with Crippen molar-refractivity contribution in [3.05, 3.63) is 218 Å². The second-order valence-corrected chi connectivity index (χ2v) is 14.7. The molecule has 57 heavy (non-hydrogen) atoms.